The lowest BCUT2D eigenvalue weighted by atomic mass is 9.91. The third-order valence-corrected chi connectivity index (χ3v) is 5.05. The molecule has 1 aromatic rings. The highest BCUT2D eigenvalue weighted by molar-refractivity contribution is 9.10. The topological polar surface area (TPSA) is 12.0 Å². The molecule has 1 saturated heterocycles. The van der Waals surface area contributed by atoms with Crippen LogP contribution in [0.2, 0.25) is 0 Å². The predicted octanol–water partition coefficient (Wildman–Crippen LogP) is 4.13. The normalized spacial score (nSPS) is 21.2. The van der Waals surface area contributed by atoms with Crippen LogP contribution in [0.15, 0.2) is 16.6 Å². The third kappa shape index (κ3) is 2.89. The van der Waals surface area contributed by atoms with E-state index in [4.69, 9.17) is 0 Å². The molecule has 0 saturated carbocycles. The predicted molar refractivity (Wildman–Crippen MR) is 75.9 cm³/mol. The van der Waals surface area contributed by atoms with E-state index in [1.807, 2.05) is 18.7 Å². The Morgan fingerprint density at radius 3 is 2.89 bits per heavy atom. The van der Waals surface area contributed by atoms with E-state index in [1.54, 1.807) is 0 Å². The molecule has 0 bridgehead atoms. The summed E-state index contributed by atoms with van der Waals surface area (Å²) in [5.41, 5.74) is 0.179. The molecule has 1 aliphatic heterocycles. The summed E-state index contributed by atoms with van der Waals surface area (Å²) in [5.74, 6) is 1.40. The van der Waals surface area contributed by atoms with Gasteiger partial charge in [0.25, 0.3) is 0 Å². The van der Waals surface area contributed by atoms with Crippen LogP contribution in [0.1, 0.15) is 24.9 Å². The minimum absolute atomic E-state index is 0.179. The highest BCUT2D eigenvalue weighted by atomic mass is 79.9. The molecule has 5 heteroatoms. The van der Waals surface area contributed by atoms with Crippen molar-refractivity contribution in [1.82, 2.24) is 5.32 Å². The van der Waals surface area contributed by atoms with Crippen LogP contribution in [-0.4, -0.2) is 18.1 Å². The molecular formula is C13H16BrF2NS. The van der Waals surface area contributed by atoms with Crippen LogP contribution in [-0.2, 0) is 0 Å². The Hall–Kier alpha value is -0.130. The zero-order valence-corrected chi connectivity index (χ0v) is 12.6. The standard InChI is InChI=1S/C13H16BrF2NS/c1-2-17-13(8-5-6-18-7-8)11-10(15)4-3-9(14)12(11)16/h3-4,8,13,17H,2,5-7H2,1H3. The number of thioether (sulfide) groups is 1. The first-order chi connectivity index (χ1) is 8.65. The van der Waals surface area contributed by atoms with Crippen molar-refractivity contribution in [3.05, 3.63) is 33.8 Å². The summed E-state index contributed by atoms with van der Waals surface area (Å²) in [5, 5.41) is 3.24. The average Bonchev–Trinajstić information content (AvgIpc) is 2.87. The average molecular weight is 336 g/mol. The van der Waals surface area contributed by atoms with E-state index in [1.165, 1.54) is 12.1 Å². The molecule has 1 nitrogen and oxygen atoms in total. The van der Waals surface area contributed by atoms with Gasteiger partial charge in [0.1, 0.15) is 11.6 Å². The smallest absolute Gasteiger partial charge is 0.145 e. The van der Waals surface area contributed by atoms with Gasteiger partial charge in [0.15, 0.2) is 0 Å². The van der Waals surface area contributed by atoms with Gasteiger partial charge in [0.05, 0.1) is 4.47 Å². The van der Waals surface area contributed by atoms with Gasteiger partial charge < -0.3 is 5.32 Å². The summed E-state index contributed by atoms with van der Waals surface area (Å²) in [6.07, 6.45) is 1.01. The van der Waals surface area contributed by atoms with Crippen LogP contribution in [0.25, 0.3) is 0 Å². The lowest BCUT2D eigenvalue weighted by molar-refractivity contribution is 0.371. The number of nitrogens with one attached hydrogen (secondary N) is 1. The molecule has 1 aromatic carbocycles. The quantitative estimate of drug-likeness (QED) is 0.830. The molecule has 1 heterocycles. The van der Waals surface area contributed by atoms with Crippen molar-refractivity contribution in [2.24, 2.45) is 5.92 Å². The molecule has 2 rings (SSSR count). The van der Waals surface area contributed by atoms with Gasteiger partial charge in [-0.2, -0.15) is 11.8 Å². The van der Waals surface area contributed by atoms with E-state index < -0.39 is 11.6 Å². The Morgan fingerprint density at radius 2 is 2.28 bits per heavy atom. The second-order valence-corrected chi connectivity index (χ2v) is 6.42. The molecule has 1 N–H and O–H groups in total. The summed E-state index contributed by atoms with van der Waals surface area (Å²) in [4.78, 5) is 0. The number of halogens is 3. The van der Waals surface area contributed by atoms with E-state index in [-0.39, 0.29) is 11.6 Å². The summed E-state index contributed by atoms with van der Waals surface area (Å²) in [6, 6.07) is 2.51. The van der Waals surface area contributed by atoms with Gasteiger partial charge in [-0.25, -0.2) is 8.78 Å². The fourth-order valence-electron chi connectivity index (χ4n) is 2.37. The van der Waals surface area contributed by atoms with Crippen molar-refractivity contribution in [2.45, 2.75) is 19.4 Å². The van der Waals surface area contributed by atoms with E-state index >= 15 is 0 Å². The van der Waals surface area contributed by atoms with E-state index in [9.17, 15) is 8.78 Å². The van der Waals surface area contributed by atoms with Crippen LogP contribution < -0.4 is 5.32 Å². The van der Waals surface area contributed by atoms with Crippen molar-refractivity contribution < 1.29 is 8.78 Å². The zero-order valence-electron chi connectivity index (χ0n) is 10.2. The number of hydrogen-bond donors (Lipinski definition) is 1. The van der Waals surface area contributed by atoms with Crippen LogP contribution in [0, 0.1) is 17.6 Å². The van der Waals surface area contributed by atoms with Gasteiger partial charge in [0.2, 0.25) is 0 Å². The lowest BCUT2D eigenvalue weighted by Gasteiger charge is -2.25. The van der Waals surface area contributed by atoms with Crippen molar-refractivity contribution in [2.75, 3.05) is 18.1 Å². The first-order valence-corrected chi connectivity index (χ1v) is 8.04. The second-order valence-electron chi connectivity index (χ2n) is 4.42. The zero-order chi connectivity index (χ0) is 13.1. The van der Waals surface area contributed by atoms with Gasteiger partial charge in [-0.1, -0.05) is 6.92 Å². The van der Waals surface area contributed by atoms with Crippen LogP contribution >= 0.6 is 27.7 Å². The van der Waals surface area contributed by atoms with Gasteiger partial charge in [-0.3, -0.25) is 0 Å². The Morgan fingerprint density at radius 1 is 1.50 bits per heavy atom. The second kappa shape index (κ2) is 6.35. The highest BCUT2D eigenvalue weighted by Gasteiger charge is 2.30. The fourth-order valence-corrected chi connectivity index (χ4v) is 4.01. The summed E-state index contributed by atoms with van der Waals surface area (Å²) in [7, 11) is 0. The molecule has 0 aliphatic carbocycles. The van der Waals surface area contributed by atoms with Crippen molar-refractivity contribution in [3.8, 4) is 0 Å². The largest absolute Gasteiger partial charge is 0.310 e. The molecule has 1 fully saturated rings. The Labute approximate surface area is 119 Å². The SMILES string of the molecule is CCNC(c1c(F)ccc(Br)c1F)C1CCSC1. The Kier molecular flexibility index (Phi) is 5.04. The molecule has 0 aromatic heterocycles. The van der Waals surface area contributed by atoms with Crippen LogP contribution in [0.4, 0.5) is 8.78 Å². The molecule has 100 valence electrons. The minimum atomic E-state index is -0.474. The first-order valence-electron chi connectivity index (χ1n) is 6.09. The molecule has 1 aliphatic rings. The Bertz CT molecular complexity index is 422. The van der Waals surface area contributed by atoms with E-state index in [0.29, 0.717) is 16.9 Å². The van der Waals surface area contributed by atoms with Crippen LogP contribution in [0.3, 0.4) is 0 Å². The van der Waals surface area contributed by atoms with Gasteiger partial charge in [-0.05, 0) is 58.5 Å². The molecule has 0 spiro atoms. The third-order valence-electron chi connectivity index (χ3n) is 3.25. The number of benzene rings is 1. The van der Waals surface area contributed by atoms with Crippen molar-refractivity contribution >= 4 is 27.7 Å². The molecule has 0 radical (unpaired) electrons. The van der Waals surface area contributed by atoms with Crippen molar-refractivity contribution in [1.29, 1.82) is 0 Å². The number of hydrogen-bond acceptors (Lipinski definition) is 2. The maximum atomic E-state index is 14.2. The molecular weight excluding hydrogens is 320 g/mol. The fraction of sp³-hybridized carbons (Fsp3) is 0.538. The summed E-state index contributed by atoms with van der Waals surface area (Å²) >= 11 is 4.98. The van der Waals surface area contributed by atoms with E-state index in [0.717, 1.165) is 17.9 Å². The minimum Gasteiger partial charge on any atom is -0.310 e. The first kappa shape index (κ1) is 14.3. The maximum absolute atomic E-state index is 14.2. The molecule has 0 amide bonds. The van der Waals surface area contributed by atoms with Gasteiger partial charge in [-0.15, -0.1) is 0 Å². The molecule has 18 heavy (non-hydrogen) atoms. The lowest BCUT2D eigenvalue weighted by Crippen LogP contribution is -2.30. The molecule has 2 unspecified atom stereocenters. The van der Waals surface area contributed by atoms with Gasteiger partial charge >= 0.3 is 0 Å². The Balaban J connectivity index is 2.38. The summed E-state index contributed by atoms with van der Waals surface area (Å²) in [6.45, 7) is 2.67. The maximum Gasteiger partial charge on any atom is 0.145 e. The highest BCUT2D eigenvalue weighted by Crippen LogP contribution is 2.37. The van der Waals surface area contributed by atoms with Crippen molar-refractivity contribution in [3.63, 3.8) is 0 Å². The molecule has 2 atom stereocenters. The number of rotatable bonds is 4. The summed E-state index contributed by atoms with van der Waals surface area (Å²) < 4.78 is 28.4. The monoisotopic (exact) mass is 335 g/mol. The van der Waals surface area contributed by atoms with Gasteiger partial charge in [0, 0.05) is 11.6 Å². The van der Waals surface area contributed by atoms with E-state index in [2.05, 4.69) is 21.2 Å². The van der Waals surface area contributed by atoms with Crippen LogP contribution in [0.5, 0.6) is 0 Å².